The second-order valence-corrected chi connectivity index (χ2v) is 10.3. The Balaban J connectivity index is 1.66. The molecule has 0 bridgehead atoms. The average molecular weight is 498 g/mol. The molecule has 1 atom stereocenters. The zero-order valence-electron chi connectivity index (χ0n) is 19.5. The Kier molecular flexibility index (Phi) is 7.63. The van der Waals surface area contributed by atoms with Gasteiger partial charge in [0.25, 0.3) is 5.91 Å². The molecule has 1 N–H and O–H groups in total. The number of carbonyl (C=O) groups excluding carboxylic acids is 2. The van der Waals surface area contributed by atoms with Gasteiger partial charge in [-0.25, -0.2) is 9.79 Å². The summed E-state index contributed by atoms with van der Waals surface area (Å²) in [6.07, 6.45) is 1.00. The molecule has 6 nitrogen and oxygen atoms in total. The lowest BCUT2D eigenvalue weighted by molar-refractivity contribution is -0.140. The molecule has 0 saturated carbocycles. The van der Waals surface area contributed by atoms with Crippen LogP contribution in [0, 0.1) is 5.92 Å². The maximum Gasteiger partial charge on any atom is 0.338 e. The fraction of sp³-hybridized carbons (Fsp3) is 0.346. The number of carbonyl (C=O) groups is 2. The summed E-state index contributed by atoms with van der Waals surface area (Å²) >= 11 is 7.64. The van der Waals surface area contributed by atoms with Crippen LogP contribution in [0.15, 0.2) is 64.8 Å². The number of nitrogens with zero attached hydrogens (tertiary/aromatic N) is 2. The number of hydrogen-bond acceptors (Lipinski definition) is 6. The quantitative estimate of drug-likeness (QED) is 0.502. The molecule has 2 aromatic carbocycles. The van der Waals surface area contributed by atoms with Crippen molar-refractivity contribution in [2.75, 3.05) is 24.2 Å². The highest BCUT2D eigenvalue weighted by Crippen LogP contribution is 2.40. The van der Waals surface area contributed by atoms with Crippen LogP contribution in [0.4, 0.5) is 5.69 Å². The number of rotatable bonds is 6. The predicted molar refractivity (Wildman–Crippen MR) is 138 cm³/mol. The standard InChI is InChI=1S/C26H28ClN3O3S/c1-16(2)15-33-25(32)22-17(3)28-26-30(12-5-13-34-26)23(22)19-6-4-7-21(14-19)29-24(31)18-8-10-20(27)11-9-18/h4,6-11,14,16,23H,5,12-13,15H2,1-3H3,(H,29,31). The van der Waals surface area contributed by atoms with Crippen molar-refractivity contribution in [2.24, 2.45) is 10.9 Å². The van der Waals surface area contributed by atoms with E-state index in [1.54, 1.807) is 36.0 Å². The van der Waals surface area contributed by atoms with Gasteiger partial charge >= 0.3 is 5.97 Å². The van der Waals surface area contributed by atoms with Crippen molar-refractivity contribution in [1.82, 2.24) is 4.90 Å². The molecule has 0 spiro atoms. The molecule has 4 rings (SSSR count). The first-order valence-corrected chi connectivity index (χ1v) is 12.7. The van der Waals surface area contributed by atoms with E-state index in [2.05, 4.69) is 10.2 Å². The van der Waals surface area contributed by atoms with Crippen molar-refractivity contribution in [1.29, 1.82) is 0 Å². The minimum absolute atomic E-state index is 0.225. The summed E-state index contributed by atoms with van der Waals surface area (Å²) in [5.74, 6) is 0.671. The van der Waals surface area contributed by atoms with E-state index < -0.39 is 0 Å². The lowest BCUT2D eigenvalue weighted by Crippen LogP contribution is -2.42. The van der Waals surface area contributed by atoms with E-state index in [1.807, 2.05) is 45.0 Å². The molecule has 0 aromatic heterocycles. The van der Waals surface area contributed by atoms with Gasteiger partial charge in [-0.2, -0.15) is 0 Å². The molecule has 2 heterocycles. The molecule has 1 amide bonds. The van der Waals surface area contributed by atoms with Gasteiger partial charge in [0.2, 0.25) is 0 Å². The number of nitrogens with one attached hydrogen (secondary N) is 1. The molecule has 178 valence electrons. The van der Waals surface area contributed by atoms with E-state index in [1.165, 1.54) is 0 Å². The third kappa shape index (κ3) is 5.47. The number of amides is 1. The Bertz CT molecular complexity index is 1140. The molecule has 2 aliphatic rings. The van der Waals surface area contributed by atoms with Gasteiger partial charge in [0, 0.05) is 28.6 Å². The van der Waals surface area contributed by atoms with Crippen LogP contribution in [-0.4, -0.2) is 40.8 Å². The van der Waals surface area contributed by atoms with Gasteiger partial charge in [-0.3, -0.25) is 4.79 Å². The largest absolute Gasteiger partial charge is 0.462 e. The van der Waals surface area contributed by atoms with Crippen LogP contribution in [0.25, 0.3) is 0 Å². The number of allylic oxidation sites excluding steroid dienone is 1. The average Bonchev–Trinajstić information content (AvgIpc) is 2.82. The van der Waals surface area contributed by atoms with Crippen LogP contribution in [-0.2, 0) is 9.53 Å². The topological polar surface area (TPSA) is 71.0 Å². The summed E-state index contributed by atoms with van der Waals surface area (Å²) in [4.78, 5) is 32.8. The molecule has 34 heavy (non-hydrogen) atoms. The Morgan fingerprint density at radius 3 is 2.74 bits per heavy atom. The van der Waals surface area contributed by atoms with Gasteiger partial charge in [0.05, 0.1) is 23.9 Å². The number of hydrogen-bond donors (Lipinski definition) is 1. The summed E-state index contributed by atoms with van der Waals surface area (Å²) in [5.41, 5.74) is 3.30. The highest BCUT2D eigenvalue weighted by molar-refractivity contribution is 8.13. The first-order valence-electron chi connectivity index (χ1n) is 11.4. The summed E-state index contributed by atoms with van der Waals surface area (Å²) in [6, 6.07) is 14.1. The van der Waals surface area contributed by atoms with E-state index in [4.69, 9.17) is 21.3 Å². The summed E-state index contributed by atoms with van der Waals surface area (Å²) in [6.45, 7) is 7.04. The molecule has 1 saturated heterocycles. The highest BCUT2D eigenvalue weighted by Gasteiger charge is 2.38. The summed E-state index contributed by atoms with van der Waals surface area (Å²) < 4.78 is 5.63. The molecule has 1 unspecified atom stereocenters. The van der Waals surface area contributed by atoms with Crippen molar-refractivity contribution < 1.29 is 14.3 Å². The number of halogens is 1. The van der Waals surface area contributed by atoms with Crippen molar-refractivity contribution in [3.8, 4) is 0 Å². The Labute approximate surface area is 209 Å². The number of amidine groups is 1. The minimum atomic E-state index is -0.342. The number of thioether (sulfide) groups is 1. The number of ether oxygens (including phenoxy) is 1. The maximum absolute atomic E-state index is 13.2. The molecule has 0 aliphatic carbocycles. The van der Waals surface area contributed by atoms with Crippen LogP contribution >= 0.6 is 23.4 Å². The van der Waals surface area contributed by atoms with Gasteiger partial charge in [-0.05, 0) is 61.2 Å². The third-order valence-corrected chi connectivity index (χ3v) is 6.92. The van der Waals surface area contributed by atoms with Crippen LogP contribution in [0.5, 0.6) is 0 Å². The zero-order valence-corrected chi connectivity index (χ0v) is 21.1. The number of benzene rings is 2. The number of aliphatic imine (C=N–C) groups is 1. The smallest absolute Gasteiger partial charge is 0.338 e. The maximum atomic E-state index is 13.2. The van der Waals surface area contributed by atoms with E-state index in [-0.39, 0.29) is 23.8 Å². The van der Waals surface area contributed by atoms with Crippen LogP contribution in [0.3, 0.4) is 0 Å². The zero-order chi connectivity index (χ0) is 24.2. The Hall–Kier alpha value is -2.77. The first kappa shape index (κ1) is 24.4. The van der Waals surface area contributed by atoms with E-state index in [0.717, 1.165) is 29.4 Å². The second kappa shape index (κ2) is 10.7. The summed E-state index contributed by atoms with van der Waals surface area (Å²) in [7, 11) is 0. The van der Waals surface area contributed by atoms with Gasteiger partial charge in [0.15, 0.2) is 5.17 Å². The lowest BCUT2D eigenvalue weighted by atomic mass is 9.94. The third-order valence-electron chi connectivity index (χ3n) is 5.59. The molecular weight excluding hydrogens is 470 g/mol. The van der Waals surface area contributed by atoms with Gasteiger partial charge < -0.3 is 15.0 Å². The number of anilines is 1. The van der Waals surface area contributed by atoms with Crippen molar-refractivity contribution in [3.63, 3.8) is 0 Å². The van der Waals surface area contributed by atoms with Crippen molar-refractivity contribution in [3.05, 3.63) is 76.0 Å². The molecule has 1 fully saturated rings. The van der Waals surface area contributed by atoms with E-state index in [0.29, 0.717) is 34.2 Å². The number of fused-ring (bicyclic) bond motifs is 1. The molecule has 8 heteroatoms. The monoisotopic (exact) mass is 497 g/mol. The normalized spacial score (nSPS) is 17.9. The van der Waals surface area contributed by atoms with Crippen molar-refractivity contribution >= 4 is 46.1 Å². The molecular formula is C26H28ClN3O3S. The lowest BCUT2D eigenvalue weighted by Gasteiger charge is -2.40. The fourth-order valence-corrected chi connectivity index (χ4v) is 5.13. The van der Waals surface area contributed by atoms with Gasteiger partial charge in [-0.15, -0.1) is 0 Å². The van der Waals surface area contributed by atoms with Gasteiger partial charge in [-0.1, -0.05) is 49.3 Å². The predicted octanol–water partition coefficient (Wildman–Crippen LogP) is 5.92. The Morgan fingerprint density at radius 1 is 1.24 bits per heavy atom. The van der Waals surface area contributed by atoms with Gasteiger partial charge in [0.1, 0.15) is 0 Å². The first-order chi connectivity index (χ1) is 16.3. The summed E-state index contributed by atoms with van der Waals surface area (Å²) in [5, 5.41) is 4.45. The van der Waals surface area contributed by atoms with E-state index >= 15 is 0 Å². The van der Waals surface area contributed by atoms with Crippen LogP contribution in [0.1, 0.15) is 49.2 Å². The minimum Gasteiger partial charge on any atom is -0.462 e. The fourth-order valence-electron chi connectivity index (χ4n) is 3.99. The Morgan fingerprint density at radius 2 is 2.00 bits per heavy atom. The number of esters is 1. The molecule has 2 aliphatic heterocycles. The molecule has 0 radical (unpaired) electrons. The molecule has 2 aromatic rings. The second-order valence-electron chi connectivity index (χ2n) is 8.77. The highest BCUT2D eigenvalue weighted by atomic mass is 35.5. The van der Waals surface area contributed by atoms with Crippen molar-refractivity contribution in [2.45, 2.75) is 33.2 Å². The SMILES string of the molecule is CC1=C(C(=O)OCC(C)C)C(c2cccc(NC(=O)c3ccc(Cl)cc3)c2)N2CCCSC2=N1. The van der Waals surface area contributed by atoms with Crippen LogP contribution in [0.2, 0.25) is 5.02 Å². The van der Waals surface area contributed by atoms with Crippen LogP contribution < -0.4 is 5.32 Å². The van der Waals surface area contributed by atoms with E-state index in [9.17, 15) is 9.59 Å².